The average molecular weight is 366 g/mol. The van der Waals surface area contributed by atoms with Crippen LogP contribution in [-0.4, -0.2) is 34.2 Å². The topological polar surface area (TPSA) is 86.6 Å². The molecule has 0 aromatic rings. The molecule has 26 heavy (non-hydrogen) atoms. The molecular formula is C21H35NO4. The lowest BCUT2D eigenvalue weighted by Crippen LogP contribution is -2.45. The van der Waals surface area contributed by atoms with Crippen LogP contribution in [0.15, 0.2) is 36.5 Å². The summed E-state index contributed by atoms with van der Waals surface area (Å²) in [6.07, 6.45) is 21.5. The molecule has 0 heterocycles. The third kappa shape index (κ3) is 14.5. The molecule has 0 saturated carbocycles. The molecule has 0 amide bonds. The Kier molecular flexibility index (Phi) is 15.4. The Bertz CT molecular complexity index is 469. The molecule has 0 spiro atoms. The molecule has 0 aromatic heterocycles. The monoisotopic (exact) mass is 365 g/mol. The molecule has 0 rings (SSSR count). The first kappa shape index (κ1) is 24.1. The zero-order valence-electron chi connectivity index (χ0n) is 16.2. The molecule has 0 radical (unpaired) electrons. The highest BCUT2D eigenvalue weighted by atomic mass is 16.4. The first-order chi connectivity index (χ1) is 12.5. The summed E-state index contributed by atoms with van der Waals surface area (Å²) in [5, 5.41) is 20.6. The minimum atomic E-state index is -1.03. The zero-order valence-corrected chi connectivity index (χ0v) is 16.2. The van der Waals surface area contributed by atoms with Gasteiger partial charge < -0.3 is 10.2 Å². The van der Waals surface area contributed by atoms with Gasteiger partial charge in [-0.15, -0.1) is 0 Å². The Morgan fingerprint density at radius 3 is 1.96 bits per heavy atom. The molecule has 2 atom stereocenters. The van der Waals surface area contributed by atoms with Crippen LogP contribution in [0.3, 0.4) is 0 Å². The van der Waals surface area contributed by atoms with Crippen molar-refractivity contribution in [1.82, 2.24) is 5.32 Å². The number of carboxylic acid groups (broad SMARTS) is 2. The molecule has 0 bridgehead atoms. The second-order valence-corrected chi connectivity index (χ2v) is 6.49. The lowest BCUT2D eigenvalue weighted by molar-refractivity contribution is -0.142. The summed E-state index contributed by atoms with van der Waals surface area (Å²) >= 11 is 0. The van der Waals surface area contributed by atoms with Crippen molar-refractivity contribution in [3.8, 4) is 0 Å². The third-order valence-corrected chi connectivity index (χ3v) is 4.06. The van der Waals surface area contributed by atoms with Crippen molar-refractivity contribution in [1.29, 1.82) is 0 Å². The van der Waals surface area contributed by atoms with Crippen molar-refractivity contribution >= 4 is 11.9 Å². The van der Waals surface area contributed by atoms with E-state index in [1.54, 1.807) is 0 Å². The maximum atomic E-state index is 11.1. The van der Waals surface area contributed by atoms with Gasteiger partial charge in [-0.05, 0) is 32.6 Å². The van der Waals surface area contributed by atoms with Gasteiger partial charge in [0.05, 0.1) is 0 Å². The normalized spacial score (nSPS) is 14.4. The molecule has 148 valence electrons. The number of carbonyl (C=O) groups is 2. The smallest absolute Gasteiger partial charge is 0.320 e. The van der Waals surface area contributed by atoms with E-state index in [0.29, 0.717) is 6.42 Å². The molecular weight excluding hydrogens is 330 g/mol. The summed E-state index contributed by atoms with van der Waals surface area (Å²) in [5.74, 6) is -2.02. The molecule has 0 saturated heterocycles. The van der Waals surface area contributed by atoms with Crippen LogP contribution in [0.2, 0.25) is 0 Å². The summed E-state index contributed by atoms with van der Waals surface area (Å²) < 4.78 is 0. The van der Waals surface area contributed by atoms with Crippen LogP contribution < -0.4 is 5.32 Å². The van der Waals surface area contributed by atoms with E-state index in [1.807, 2.05) is 12.2 Å². The summed E-state index contributed by atoms with van der Waals surface area (Å²) in [5.41, 5.74) is 0. The molecule has 0 aliphatic rings. The Balaban J connectivity index is 3.74. The van der Waals surface area contributed by atoms with Gasteiger partial charge in [0, 0.05) is 0 Å². The van der Waals surface area contributed by atoms with Crippen molar-refractivity contribution in [2.75, 3.05) is 0 Å². The van der Waals surface area contributed by atoms with Gasteiger partial charge in [-0.2, -0.15) is 0 Å². The van der Waals surface area contributed by atoms with E-state index < -0.39 is 24.0 Å². The van der Waals surface area contributed by atoms with Crippen LogP contribution in [0.1, 0.15) is 71.6 Å². The number of allylic oxidation sites excluding steroid dienone is 6. The SMILES string of the molecule is CCCC/C=C/C=C/C=C\CCCCCCC(N[C@@H](C)C(=O)O)C(=O)O. The predicted molar refractivity (Wildman–Crippen MR) is 106 cm³/mol. The first-order valence-corrected chi connectivity index (χ1v) is 9.69. The standard InChI is InChI=1S/C21H35NO4/c1-3-4-5-6-7-8-9-10-11-12-13-14-15-16-17-19(21(25)26)22-18(2)20(23)24/h6-11,18-19,22H,3-5,12-17H2,1-2H3,(H,23,24)(H,25,26)/b7-6+,9-8+,11-10-/t18-,19?/m0/s1. The number of nitrogens with one attached hydrogen (secondary N) is 1. The average Bonchev–Trinajstić information content (AvgIpc) is 2.60. The highest BCUT2D eigenvalue weighted by Gasteiger charge is 2.21. The molecule has 0 aromatic carbocycles. The number of carboxylic acids is 2. The molecule has 1 unspecified atom stereocenters. The molecule has 0 aliphatic heterocycles. The van der Waals surface area contributed by atoms with E-state index in [1.165, 1.54) is 19.8 Å². The second-order valence-electron chi connectivity index (χ2n) is 6.49. The van der Waals surface area contributed by atoms with Crippen LogP contribution in [0, 0.1) is 0 Å². The zero-order chi connectivity index (χ0) is 19.6. The van der Waals surface area contributed by atoms with E-state index in [-0.39, 0.29) is 0 Å². The van der Waals surface area contributed by atoms with Crippen LogP contribution in [-0.2, 0) is 9.59 Å². The molecule has 3 N–H and O–H groups in total. The fourth-order valence-corrected chi connectivity index (χ4v) is 2.42. The highest BCUT2D eigenvalue weighted by molar-refractivity contribution is 5.77. The molecule has 0 aliphatic carbocycles. The fourth-order valence-electron chi connectivity index (χ4n) is 2.42. The maximum absolute atomic E-state index is 11.1. The van der Waals surface area contributed by atoms with E-state index >= 15 is 0 Å². The van der Waals surface area contributed by atoms with Crippen molar-refractivity contribution in [3.05, 3.63) is 36.5 Å². The van der Waals surface area contributed by atoms with Gasteiger partial charge in [-0.1, -0.05) is 75.5 Å². The summed E-state index contributed by atoms with van der Waals surface area (Å²) in [4.78, 5) is 21.9. The van der Waals surface area contributed by atoms with Gasteiger partial charge in [0.25, 0.3) is 0 Å². The number of hydrogen-bond acceptors (Lipinski definition) is 3. The van der Waals surface area contributed by atoms with E-state index in [4.69, 9.17) is 10.2 Å². The van der Waals surface area contributed by atoms with E-state index in [9.17, 15) is 9.59 Å². The van der Waals surface area contributed by atoms with Gasteiger partial charge in [-0.3, -0.25) is 14.9 Å². The maximum Gasteiger partial charge on any atom is 0.320 e. The van der Waals surface area contributed by atoms with Gasteiger partial charge in [0.2, 0.25) is 0 Å². The Labute approximate surface area is 157 Å². The minimum absolute atomic E-state index is 0.454. The van der Waals surface area contributed by atoms with Gasteiger partial charge >= 0.3 is 11.9 Å². The molecule has 5 heteroatoms. The highest BCUT2D eigenvalue weighted by Crippen LogP contribution is 2.09. The molecule has 5 nitrogen and oxygen atoms in total. The largest absolute Gasteiger partial charge is 0.480 e. The lowest BCUT2D eigenvalue weighted by atomic mass is 10.1. The summed E-state index contributed by atoms with van der Waals surface area (Å²) in [6.45, 7) is 3.65. The van der Waals surface area contributed by atoms with Gasteiger partial charge in [-0.25, -0.2) is 0 Å². The van der Waals surface area contributed by atoms with Crippen molar-refractivity contribution < 1.29 is 19.8 Å². The third-order valence-electron chi connectivity index (χ3n) is 4.06. The quantitative estimate of drug-likeness (QED) is 0.272. The van der Waals surface area contributed by atoms with Crippen LogP contribution in [0.4, 0.5) is 0 Å². The Morgan fingerprint density at radius 2 is 1.42 bits per heavy atom. The minimum Gasteiger partial charge on any atom is -0.480 e. The van der Waals surface area contributed by atoms with Crippen molar-refractivity contribution in [2.45, 2.75) is 83.7 Å². The van der Waals surface area contributed by atoms with Crippen molar-refractivity contribution in [3.63, 3.8) is 0 Å². The number of rotatable bonds is 16. The lowest BCUT2D eigenvalue weighted by Gasteiger charge is -2.17. The Hall–Kier alpha value is -1.88. The van der Waals surface area contributed by atoms with Gasteiger partial charge in [0.1, 0.15) is 12.1 Å². The van der Waals surface area contributed by atoms with Crippen LogP contribution in [0.5, 0.6) is 0 Å². The second kappa shape index (κ2) is 16.6. The van der Waals surface area contributed by atoms with E-state index in [2.05, 4.69) is 36.5 Å². The van der Waals surface area contributed by atoms with Crippen LogP contribution >= 0.6 is 0 Å². The first-order valence-electron chi connectivity index (χ1n) is 9.69. The van der Waals surface area contributed by atoms with Crippen molar-refractivity contribution in [2.24, 2.45) is 0 Å². The Morgan fingerprint density at radius 1 is 0.846 bits per heavy atom. The number of hydrogen-bond donors (Lipinski definition) is 3. The summed E-state index contributed by atoms with van der Waals surface area (Å²) in [7, 11) is 0. The van der Waals surface area contributed by atoms with Crippen LogP contribution in [0.25, 0.3) is 0 Å². The van der Waals surface area contributed by atoms with Gasteiger partial charge in [0.15, 0.2) is 0 Å². The fraction of sp³-hybridized carbons (Fsp3) is 0.619. The summed E-state index contributed by atoms with van der Waals surface area (Å²) in [6, 6.07) is -1.65. The number of aliphatic carboxylic acids is 2. The van der Waals surface area contributed by atoms with E-state index in [0.717, 1.165) is 38.5 Å². The number of unbranched alkanes of at least 4 members (excludes halogenated alkanes) is 6. The predicted octanol–water partition coefficient (Wildman–Crippen LogP) is 4.70. The molecule has 0 fully saturated rings.